The van der Waals surface area contributed by atoms with E-state index in [0.717, 1.165) is 27.8 Å². The Morgan fingerprint density at radius 1 is 0.600 bits per heavy atom. The van der Waals surface area contributed by atoms with Crippen LogP contribution in [0, 0.1) is 67.6 Å². The zero-order valence-electron chi connectivity index (χ0n) is 21.5. The van der Waals surface area contributed by atoms with Gasteiger partial charge in [0, 0.05) is 0 Å². The number of fused-ring (bicyclic) bond motifs is 3. The summed E-state index contributed by atoms with van der Waals surface area (Å²) in [6.07, 6.45) is 0. The van der Waals surface area contributed by atoms with E-state index >= 15 is 0 Å². The average Bonchev–Trinajstić information content (AvgIpc) is 2.99. The highest BCUT2D eigenvalue weighted by molar-refractivity contribution is 6.26. The van der Waals surface area contributed by atoms with Crippen LogP contribution in [0.15, 0.2) is 60.7 Å². The van der Waals surface area contributed by atoms with Crippen LogP contribution < -0.4 is 0 Å². The molecule has 0 heterocycles. The van der Waals surface area contributed by atoms with Crippen molar-refractivity contribution in [1.82, 2.24) is 0 Å². The number of nitriles is 3. The van der Waals surface area contributed by atoms with E-state index in [-0.39, 0.29) is 33.8 Å². The van der Waals surface area contributed by atoms with Gasteiger partial charge in [0.1, 0.15) is 12.1 Å². The molecule has 182 valence electrons. The SMILES string of the molecule is [C-]#[N+]c1c([N+]#[C-])c(C#N)c2c(c1[N+]#[C-])c(-c1ccccc1-c1ccccc1C)c(C)c1cc(C#N)c(C#N)cc12. The number of hydrogen-bond acceptors (Lipinski definition) is 3. The van der Waals surface area contributed by atoms with Crippen molar-refractivity contribution in [1.29, 1.82) is 15.8 Å². The van der Waals surface area contributed by atoms with Crippen LogP contribution in [-0.2, 0) is 0 Å². The minimum absolute atomic E-state index is 0.0162. The summed E-state index contributed by atoms with van der Waals surface area (Å²) < 4.78 is 0. The molecule has 0 bridgehead atoms. The van der Waals surface area contributed by atoms with E-state index in [1.807, 2.05) is 68.4 Å². The van der Waals surface area contributed by atoms with Crippen LogP contribution in [0.5, 0.6) is 0 Å². The van der Waals surface area contributed by atoms with Crippen molar-refractivity contribution in [3.63, 3.8) is 0 Å². The van der Waals surface area contributed by atoms with Crippen molar-refractivity contribution in [3.05, 3.63) is 123 Å². The van der Waals surface area contributed by atoms with E-state index in [2.05, 4.69) is 26.7 Å². The van der Waals surface area contributed by atoms with Gasteiger partial charge in [-0.3, -0.25) is 14.5 Å². The summed E-state index contributed by atoms with van der Waals surface area (Å²) in [6.45, 7) is 27.6. The first-order valence-electron chi connectivity index (χ1n) is 12.1. The molecule has 0 fully saturated rings. The molecule has 0 amide bonds. The van der Waals surface area contributed by atoms with Crippen molar-refractivity contribution < 1.29 is 0 Å². The Hall–Kier alpha value is -6.44. The van der Waals surface area contributed by atoms with E-state index < -0.39 is 0 Å². The van der Waals surface area contributed by atoms with Gasteiger partial charge in [0.15, 0.2) is 5.69 Å². The molecule has 40 heavy (non-hydrogen) atoms. The molecule has 0 radical (unpaired) electrons. The molecule has 0 aromatic heterocycles. The molecule has 0 aliphatic rings. The second-order valence-electron chi connectivity index (χ2n) is 9.15. The van der Waals surface area contributed by atoms with Crippen molar-refractivity contribution in [3.8, 4) is 40.5 Å². The molecule has 5 aromatic rings. The quantitative estimate of drug-likeness (QED) is 0.176. The summed E-state index contributed by atoms with van der Waals surface area (Å²) in [5.41, 5.74) is 4.96. The molecule has 0 saturated carbocycles. The van der Waals surface area contributed by atoms with Crippen LogP contribution >= 0.6 is 0 Å². The normalized spacial score (nSPS) is 10.1. The minimum Gasteiger partial charge on any atom is -0.262 e. The van der Waals surface area contributed by atoms with Gasteiger partial charge >= 0.3 is 0 Å². The summed E-state index contributed by atoms with van der Waals surface area (Å²) in [5, 5.41) is 31.7. The zero-order chi connectivity index (χ0) is 28.6. The van der Waals surface area contributed by atoms with Crippen LogP contribution in [-0.4, -0.2) is 0 Å². The Morgan fingerprint density at radius 2 is 1.15 bits per heavy atom. The Morgan fingerprint density at radius 3 is 1.70 bits per heavy atom. The zero-order valence-corrected chi connectivity index (χ0v) is 21.5. The fourth-order valence-electron chi connectivity index (χ4n) is 5.43. The summed E-state index contributed by atoms with van der Waals surface area (Å²) in [7, 11) is 0. The van der Waals surface area contributed by atoms with Crippen molar-refractivity contribution in [2.45, 2.75) is 13.8 Å². The van der Waals surface area contributed by atoms with Crippen molar-refractivity contribution in [2.75, 3.05) is 0 Å². The van der Waals surface area contributed by atoms with Gasteiger partial charge in [0.25, 0.3) is 0 Å². The van der Waals surface area contributed by atoms with E-state index in [9.17, 15) is 15.8 Å². The van der Waals surface area contributed by atoms with Crippen LogP contribution in [0.1, 0.15) is 27.8 Å². The van der Waals surface area contributed by atoms with Gasteiger partial charge in [0.05, 0.1) is 42.5 Å². The molecule has 0 unspecified atom stereocenters. The second-order valence-corrected chi connectivity index (χ2v) is 9.15. The number of rotatable bonds is 2. The molecular weight excluding hydrogens is 492 g/mol. The fourth-order valence-corrected chi connectivity index (χ4v) is 5.43. The average molecular weight is 509 g/mol. The third-order valence-electron chi connectivity index (χ3n) is 7.20. The molecular formula is C34H16N6. The molecule has 0 aliphatic heterocycles. The Kier molecular flexibility index (Phi) is 6.17. The first kappa shape index (κ1) is 25.2. The van der Waals surface area contributed by atoms with Gasteiger partial charge in [-0.05, 0) is 80.9 Å². The van der Waals surface area contributed by atoms with Crippen molar-refractivity contribution >= 4 is 38.6 Å². The Labute approximate surface area is 231 Å². The smallest absolute Gasteiger partial charge is 0.202 e. The maximum Gasteiger partial charge on any atom is 0.202 e. The molecule has 0 N–H and O–H groups in total. The highest BCUT2D eigenvalue weighted by Gasteiger charge is 2.27. The maximum absolute atomic E-state index is 10.3. The fraction of sp³-hybridized carbons (Fsp3) is 0.0588. The lowest BCUT2D eigenvalue weighted by atomic mass is 9.82. The number of aryl methyl sites for hydroxylation is 2. The lowest BCUT2D eigenvalue weighted by Gasteiger charge is -2.22. The molecule has 0 saturated heterocycles. The lowest BCUT2D eigenvalue weighted by Crippen LogP contribution is -1.97. The van der Waals surface area contributed by atoms with Gasteiger partial charge in [-0.15, -0.1) is 0 Å². The Bertz CT molecular complexity index is 2200. The van der Waals surface area contributed by atoms with E-state index in [1.165, 1.54) is 0 Å². The molecule has 5 aromatic carbocycles. The second kappa shape index (κ2) is 9.79. The third-order valence-corrected chi connectivity index (χ3v) is 7.20. The van der Waals surface area contributed by atoms with Gasteiger partial charge in [-0.2, -0.15) is 15.8 Å². The highest BCUT2D eigenvalue weighted by atomic mass is 14.8. The van der Waals surface area contributed by atoms with Gasteiger partial charge in [-0.1, -0.05) is 48.5 Å². The minimum atomic E-state index is -0.192. The van der Waals surface area contributed by atoms with Gasteiger partial charge < -0.3 is 0 Å². The summed E-state index contributed by atoms with van der Waals surface area (Å²) >= 11 is 0. The van der Waals surface area contributed by atoms with E-state index in [0.29, 0.717) is 27.1 Å². The summed E-state index contributed by atoms with van der Waals surface area (Å²) in [5.74, 6) is 0. The van der Waals surface area contributed by atoms with Crippen LogP contribution in [0.3, 0.4) is 0 Å². The predicted octanol–water partition coefficient (Wildman–Crippen LogP) is 9.21. The van der Waals surface area contributed by atoms with Crippen LogP contribution in [0.4, 0.5) is 17.1 Å². The molecule has 5 rings (SSSR count). The standard InChI is InChI=1S/C34H16N6/c1-19-10-6-7-11-23(19)24-12-8-9-13-25(24)29-20(2)26-14-21(16-35)22(17-36)15-27(26)30-28(18-37)32(38-3)34(40-5)33(39-4)31(29)30/h6-15H,1-2H3. The topological polar surface area (TPSA) is 84.4 Å². The van der Waals surface area contributed by atoms with Crippen molar-refractivity contribution in [2.24, 2.45) is 0 Å². The van der Waals surface area contributed by atoms with E-state index in [1.54, 1.807) is 12.1 Å². The van der Waals surface area contributed by atoms with E-state index in [4.69, 9.17) is 19.7 Å². The lowest BCUT2D eigenvalue weighted by molar-refractivity contribution is 1.43. The van der Waals surface area contributed by atoms with Crippen LogP contribution in [0.25, 0.3) is 58.3 Å². The van der Waals surface area contributed by atoms with Gasteiger partial charge in [-0.25, -0.2) is 0 Å². The monoisotopic (exact) mass is 508 g/mol. The number of benzene rings is 5. The predicted molar refractivity (Wildman–Crippen MR) is 155 cm³/mol. The summed E-state index contributed by atoms with van der Waals surface area (Å²) in [4.78, 5) is 10.8. The van der Waals surface area contributed by atoms with Crippen LogP contribution in [0.2, 0.25) is 0 Å². The largest absolute Gasteiger partial charge is 0.262 e. The molecule has 6 heteroatoms. The molecule has 6 nitrogen and oxygen atoms in total. The van der Waals surface area contributed by atoms with Gasteiger partial charge in [0.2, 0.25) is 11.4 Å². The molecule has 0 atom stereocenters. The summed E-state index contributed by atoms with van der Waals surface area (Å²) in [6, 6.07) is 25.1. The number of hydrogen-bond donors (Lipinski definition) is 0. The first-order chi connectivity index (χ1) is 19.4. The first-order valence-corrected chi connectivity index (χ1v) is 12.1. The molecule has 0 aliphatic carbocycles. The highest BCUT2D eigenvalue weighted by Crippen LogP contribution is 2.54. The molecule has 0 spiro atoms. The maximum atomic E-state index is 10.3. The Balaban J connectivity index is 2.19. The number of nitrogens with zero attached hydrogens (tertiary/aromatic N) is 6. The third kappa shape index (κ3) is 3.52.